The molecule has 0 unspecified atom stereocenters. The van der Waals surface area contributed by atoms with E-state index in [1.54, 1.807) is 35.4 Å². The molecule has 0 atom stereocenters. The molecule has 0 radical (unpaired) electrons. The van der Waals surface area contributed by atoms with Crippen molar-refractivity contribution in [2.45, 2.75) is 24.9 Å². The Morgan fingerprint density at radius 2 is 1.85 bits per heavy atom. The maximum Gasteiger partial charge on any atom is 0.328 e. The number of H-pyrrole nitrogens is 1. The number of amides is 4. The van der Waals surface area contributed by atoms with E-state index in [4.69, 9.17) is 14.6 Å². The Bertz CT molecular complexity index is 955. The molecule has 176 valence electrons. The molecule has 10 heteroatoms. The van der Waals surface area contributed by atoms with Gasteiger partial charge in [0.05, 0.1) is 18.7 Å². The summed E-state index contributed by atoms with van der Waals surface area (Å²) in [6.07, 6.45) is 4.23. The summed E-state index contributed by atoms with van der Waals surface area (Å²) >= 11 is 0. The number of nitrogens with zero attached hydrogens (tertiary/aromatic N) is 3. The van der Waals surface area contributed by atoms with Gasteiger partial charge in [0, 0.05) is 39.1 Å². The Kier molecular flexibility index (Phi) is 7.83. The highest BCUT2D eigenvalue weighted by molar-refractivity contribution is 6.07. The number of benzene rings is 1. The maximum absolute atomic E-state index is 13.4. The van der Waals surface area contributed by atoms with Crippen molar-refractivity contribution in [2.24, 2.45) is 0 Å². The molecule has 0 saturated carbocycles. The molecule has 2 fully saturated rings. The number of aromatic nitrogens is 1. The van der Waals surface area contributed by atoms with E-state index >= 15 is 0 Å². The van der Waals surface area contributed by atoms with Gasteiger partial charge in [-0.2, -0.15) is 0 Å². The second kappa shape index (κ2) is 10.8. The highest BCUT2D eigenvalue weighted by Crippen LogP contribution is 2.38. The van der Waals surface area contributed by atoms with Gasteiger partial charge in [0.15, 0.2) is 0 Å². The Morgan fingerprint density at radius 3 is 2.42 bits per heavy atom. The summed E-state index contributed by atoms with van der Waals surface area (Å²) in [7, 11) is 1.55. The molecule has 4 amide bonds. The molecule has 1 aromatic heterocycles. The number of likely N-dealkylation sites (tertiary alicyclic amines) is 1. The zero-order valence-electron chi connectivity index (χ0n) is 18.5. The summed E-state index contributed by atoms with van der Waals surface area (Å²) < 4.78 is 5.10. The Balaban J connectivity index is 0.000000968. The van der Waals surface area contributed by atoms with Gasteiger partial charge in [-0.15, -0.1) is 0 Å². The van der Waals surface area contributed by atoms with E-state index in [-0.39, 0.29) is 30.9 Å². The van der Waals surface area contributed by atoms with Crippen molar-refractivity contribution in [3.63, 3.8) is 0 Å². The number of rotatable bonds is 6. The zero-order chi connectivity index (χ0) is 23.8. The van der Waals surface area contributed by atoms with Gasteiger partial charge in [0.2, 0.25) is 0 Å². The minimum absolute atomic E-state index is 0.0614. The van der Waals surface area contributed by atoms with E-state index in [1.165, 1.54) is 4.90 Å². The number of nitrogens with one attached hydrogen (secondary N) is 1. The lowest BCUT2D eigenvalue weighted by Gasteiger charge is -2.42. The second-order valence-corrected chi connectivity index (χ2v) is 7.83. The smallest absolute Gasteiger partial charge is 0.328 e. The van der Waals surface area contributed by atoms with Crippen molar-refractivity contribution in [1.29, 1.82) is 0 Å². The number of imide groups is 1. The second-order valence-electron chi connectivity index (χ2n) is 7.83. The summed E-state index contributed by atoms with van der Waals surface area (Å²) in [6, 6.07) is 11.1. The first-order valence-electron chi connectivity index (χ1n) is 10.6. The number of hydrogen-bond donors (Lipinski definition) is 2. The van der Waals surface area contributed by atoms with E-state index < -0.39 is 5.54 Å². The fourth-order valence-electron chi connectivity index (χ4n) is 4.35. The highest BCUT2D eigenvalue weighted by atomic mass is 16.5. The number of aromatic amines is 1. The number of ether oxygens (including phenoxy) is 1. The summed E-state index contributed by atoms with van der Waals surface area (Å²) in [5, 5.41) is 6.89. The lowest BCUT2D eigenvalue weighted by Crippen LogP contribution is -2.57. The van der Waals surface area contributed by atoms with Gasteiger partial charge < -0.3 is 24.6 Å². The van der Waals surface area contributed by atoms with Crippen molar-refractivity contribution in [3.8, 4) is 0 Å². The molecular weight excluding hydrogens is 428 g/mol. The molecule has 4 rings (SSSR count). The van der Waals surface area contributed by atoms with Crippen LogP contribution in [-0.2, 0) is 20.9 Å². The van der Waals surface area contributed by atoms with Crippen molar-refractivity contribution >= 4 is 24.3 Å². The van der Waals surface area contributed by atoms with Gasteiger partial charge >= 0.3 is 6.03 Å². The molecule has 2 aliphatic heterocycles. The van der Waals surface area contributed by atoms with Gasteiger partial charge in [-0.3, -0.25) is 19.3 Å². The van der Waals surface area contributed by atoms with Crippen molar-refractivity contribution < 1.29 is 29.0 Å². The Labute approximate surface area is 191 Å². The Morgan fingerprint density at radius 1 is 1.18 bits per heavy atom. The van der Waals surface area contributed by atoms with Crippen LogP contribution < -0.4 is 0 Å². The molecule has 2 aromatic rings. The number of hydrogen-bond acceptors (Lipinski definition) is 5. The molecule has 0 bridgehead atoms. The van der Waals surface area contributed by atoms with Gasteiger partial charge in [0.1, 0.15) is 5.54 Å². The molecule has 2 saturated heterocycles. The van der Waals surface area contributed by atoms with Crippen LogP contribution in [0.5, 0.6) is 0 Å². The number of carbonyl (C=O) groups excluding carboxylic acids is 3. The average Bonchev–Trinajstić information content (AvgIpc) is 3.43. The van der Waals surface area contributed by atoms with Crippen LogP contribution >= 0.6 is 0 Å². The van der Waals surface area contributed by atoms with Crippen LogP contribution in [0.25, 0.3) is 0 Å². The van der Waals surface area contributed by atoms with Crippen LogP contribution in [0.1, 0.15) is 28.8 Å². The quantitative estimate of drug-likeness (QED) is 0.505. The van der Waals surface area contributed by atoms with E-state index in [0.29, 0.717) is 44.6 Å². The molecular formula is C23H28N4O6. The van der Waals surface area contributed by atoms with Gasteiger partial charge in [0.25, 0.3) is 18.3 Å². The largest absolute Gasteiger partial charge is 0.483 e. The third-order valence-electron chi connectivity index (χ3n) is 6.05. The zero-order valence-corrected chi connectivity index (χ0v) is 18.5. The fourth-order valence-corrected chi connectivity index (χ4v) is 4.35. The maximum atomic E-state index is 13.4. The average molecular weight is 456 g/mol. The van der Waals surface area contributed by atoms with Crippen molar-refractivity contribution in [3.05, 3.63) is 59.9 Å². The minimum Gasteiger partial charge on any atom is -0.483 e. The third kappa shape index (κ3) is 4.90. The fraction of sp³-hybridized carbons (Fsp3) is 0.391. The normalized spacial score (nSPS) is 17.2. The first-order chi connectivity index (χ1) is 16.0. The van der Waals surface area contributed by atoms with Crippen LogP contribution in [0.4, 0.5) is 4.79 Å². The number of urea groups is 1. The minimum atomic E-state index is -0.921. The van der Waals surface area contributed by atoms with E-state index in [1.807, 2.05) is 30.3 Å². The van der Waals surface area contributed by atoms with E-state index in [2.05, 4.69) is 4.98 Å². The topological polar surface area (TPSA) is 123 Å². The molecule has 10 nitrogen and oxygen atoms in total. The van der Waals surface area contributed by atoms with Gasteiger partial charge in [-0.1, -0.05) is 30.3 Å². The number of carboxylic acid groups (broad SMARTS) is 1. The molecule has 1 spiro atoms. The summed E-state index contributed by atoms with van der Waals surface area (Å²) in [5.74, 6) is -0.247. The number of carbonyl (C=O) groups is 4. The molecule has 0 aliphatic carbocycles. The molecule has 2 N–H and O–H groups in total. The van der Waals surface area contributed by atoms with Crippen LogP contribution in [0.2, 0.25) is 0 Å². The first-order valence-corrected chi connectivity index (χ1v) is 10.6. The summed E-state index contributed by atoms with van der Waals surface area (Å²) in [4.78, 5) is 55.3. The van der Waals surface area contributed by atoms with Crippen molar-refractivity contribution in [2.75, 3.05) is 33.4 Å². The molecule has 1 aromatic carbocycles. The Hall–Kier alpha value is -3.66. The van der Waals surface area contributed by atoms with Crippen molar-refractivity contribution in [1.82, 2.24) is 19.7 Å². The predicted octanol–water partition coefficient (Wildman–Crippen LogP) is 1.80. The first kappa shape index (κ1) is 24.0. The third-order valence-corrected chi connectivity index (χ3v) is 6.05. The summed E-state index contributed by atoms with van der Waals surface area (Å²) in [6.45, 7) is 1.48. The van der Waals surface area contributed by atoms with Gasteiger partial charge in [-0.25, -0.2) is 4.79 Å². The highest BCUT2D eigenvalue weighted by Gasteiger charge is 2.58. The van der Waals surface area contributed by atoms with Crippen LogP contribution in [0.3, 0.4) is 0 Å². The summed E-state index contributed by atoms with van der Waals surface area (Å²) in [5.41, 5.74) is 0.648. The SMILES string of the molecule is COCCN1C(=O)N(Cc2ccccc2)C2(CCN(C(=O)c3cc[nH]c3)CC2)C1=O.O=CO. The van der Waals surface area contributed by atoms with E-state index in [9.17, 15) is 14.4 Å². The molecule has 3 heterocycles. The van der Waals surface area contributed by atoms with E-state index in [0.717, 1.165) is 5.56 Å². The van der Waals surface area contributed by atoms with Gasteiger partial charge in [-0.05, 0) is 24.5 Å². The lowest BCUT2D eigenvalue weighted by molar-refractivity contribution is -0.136. The van der Waals surface area contributed by atoms with Crippen LogP contribution in [0.15, 0.2) is 48.8 Å². The lowest BCUT2D eigenvalue weighted by atomic mass is 9.85. The monoisotopic (exact) mass is 456 g/mol. The predicted molar refractivity (Wildman–Crippen MR) is 118 cm³/mol. The molecule has 2 aliphatic rings. The standard InChI is InChI=1S/C22H26N4O4.CH2O2/c1-30-14-13-25-20(28)22(26(21(25)29)16-17-5-3-2-4-6-17)8-11-24(12-9-22)19(27)18-7-10-23-15-18;2-1-3/h2-7,10,15,23H,8-9,11-14,16H2,1H3;1H,(H,2,3). The number of methoxy groups -OCH3 is 1. The van der Waals surface area contributed by atoms with Crippen LogP contribution in [0, 0.1) is 0 Å². The van der Waals surface area contributed by atoms with Crippen LogP contribution in [-0.4, -0.2) is 88.0 Å². The molecule has 33 heavy (non-hydrogen) atoms. The number of piperidine rings is 1.